The Labute approximate surface area is 167 Å². The smallest absolute Gasteiger partial charge is 0.193 e. The van der Waals surface area contributed by atoms with Gasteiger partial charge in [0.05, 0.1) is 5.01 Å². The first-order chi connectivity index (χ1) is 13.1. The van der Waals surface area contributed by atoms with E-state index in [1.807, 2.05) is 7.05 Å². The molecule has 0 bridgehead atoms. The van der Waals surface area contributed by atoms with Gasteiger partial charge in [0.2, 0.25) is 0 Å². The molecule has 0 aliphatic carbocycles. The summed E-state index contributed by atoms with van der Waals surface area (Å²) in [5, 5.41) is 6.88. The Morgan fingerprint density at radius 2 is 1.96 bits per heavy atom. The molecule has 1 aromatic heterocycles. The van der Waals surface area contributed by atoms with Crippen molar-refractivity contribution in [2.24, 2.45) is 4.99 Å². The van der Waals surface area contributed by atoms with Crippen LogP contribution in [0.15, 0.2) is 28.6 Å². The molecule has 1 saturated heterocycles. The van der Waals surface area contributed by atoms with Crippen LogP contribution in [0.2, 0.25) is 0 Å². The molecule has 1 aliphatic heterocycles. The van der Waals surface area contributed by atoms with Crippen LogP contribution in [0, 0.1) is 20.8 Å². The van der Waals surface area contributed by atoms with Crippen LogP contribution in [0.25, 0.3) is 0 Å². The van der Waals surface area contributed by atoms with E-state index in [0.717, 1.165) is 57.2 Å². The van der Waals surface area contributed by atoms with Crippen molar-refractivity contribution in [1.29, 1.82) is 0 Å². The van der Waals surface area contributed by atoms with Gasteiger partial charge in [0.25, 0.3) is 0 Å². The number of benzene rings is 1. The lowest BCUT2D eigenvalue weighted by Gasteiger charge is -2.38. The summed E-state index contributed by atoms with van der Waals surface area (Å²) in [7, 11) is 1.88. The van der Waals surface area contributed by atoms with Gasteiger partial charge in [0.15, 0.2) is 5.96 Å². The first kappa shape index (κ1) is 19.7. The monoisotopic (exact) mass is 385 g/mol. The number of piperazine rings is 1. The third-order valence-electron chi connectivity index (χ3n) is 5.22. The first-order valence-electron chi connectivity index (χ1n) is 9.76. The second-order valence-electron chi connectivity index (χ2n) is 7.15. The van der Waals surface area contributed by atoms with Crippen molar-refractivity contribution in [3.63, 3.8) is 0 Å². The van der Waals surface area contributed by atoms with Crippen molar-refractivity contribution in [2.75, 3.05) is 44.7 Å². The van der Waals surface area contributed by atoms with Crippen LogP contribution in [0.1, 0.15) is 28.2 Å². The minimum Gasteiger partial charge on any atom is -0.368 e. The van der Waals surface area contributed by atoms with E-state index < -0.39 is 0 Å². The van der Waals surface area contributed by atoms with E-state index in [0.29, 0.717) is 0 Å². The van der Waals surface area contributed by atoms with Crippen molar-refractivity contribution >= 4 is 23.0 Å². The molecule has 1 aliphatic rings. The zero-order chi connectivity index (χ0) is 19.2. The van der Waals surface area contributed by atoms with Gasteiger partial charge >= 0.3 is 0 Å². The molecule has 1 aromatic carbocycles. The number of nitrogens with one attached hydrogen (secondary N) is 1. The number of hydrogen-bond acceptors (Lipinski definition) is 4. The molecule has 2 aromatic rings. The maximum atomic E-state index is 4.53. The zero-order valence-corrected chi connectivity index (χ0v) is 17.8. The maximum Gasteiger partial charge on any atom is 0.193 e. The third-order valence-corrected chi connectivity index (χ3v) is 6.25. The Bertz CT molecular complexity index is 775. The predicted molar refractivity (Wildman–Crippen MR) is 116 cm³/mol. The Morgan fingerprint density at radius 3 is 2.63 bits per heavy atom. The summed E-state index contributed by atoms with van der Waals surface area (Å²) in [6.45, 7) is 11.5. The number of anilines is 1. The molecule has 0 atom stereocenters. The van der Waals surface area contributed by atoms with E-state index in [4.69, 9.17) is 0 Å². The van der Waals surface area contributed by atoms with Crippen LogP contribution < -0.4 is 10.2 Å². The van der Waals surface area contributed by atoms with Gasteiger partial charge in [0, 0.05) is 63.0 Å². The number of aromatic nitrogens is 1. The van der Waals surface area contributed by atoms with Gasteiger partial charge in [-0.05, 0) is 44.4 Å². The number of aryl methyl sites for hydroxylation is 3. The van der Waals surface area contributed by atoms with Gasteiger partial charge in [-0.25, -0.2) is 4.98 Å². The average molecular weight is 386 g/mol. The number of hydrogen-bond donors (Lipinski definition) is 1. The standard InChI is InChI=1S/C21H31N5S/c1-16-7-5-8-19(18(16)3)25-11-13-26(14-12-25)21(22-4)23-10-6-9-20-24-17(2)15-27-20/h5,7-8,15H,6,9-14H2,1-4H3,(H,22,23). The van der Waals surface area contributed by atoms with Crippen LogP contribution in [0.5, 0.6) is 0 Å². The first-order valence-corrected chi connectivity index (χ1v) is 10.6. The largest absolute Gasteiger partial charge is 0.368 e. The van der Waals surface area contributed by atoms with E-state index in [-0.39, 0.29) is 0 Å². The summed E-state index contributed by atoms with van der Waals surface area (Å²) in [5.74, 6) is 1.02. The van der Waals surface area contributed by atoms with E-state index in [1.54, 1.807) is 11.3 Å². The van der Waals surface area contributed by atoms with Crippen LogP contribution >= 0.6 is 11.3 Å². The summed E-state index contributed by atoms with van der Waals surface area (Å²) >= 11 is 1.76. The SMILES string of the molecule is CN=C(NCCCc1nc(C)cs1)N1CCN(c2cccc(C)c2C)CC1. The predicted octanol–water partition coefficient (Wildman–Crippen LogP) is 3.40. The van der Waals surface area contributed by atoms with E-state index >= 15 is 0 Å². The molecule has 27 heavy (non-hydrogen) atoms. The molecular formula is C21H31N5S. The summed E-state index contributed by atoms with van der Waals surface area (Å²) in [5.41, 5.74) is 5.26. The highest BCUT2D eigenvalue weighted by atomic mass is 32.1. The fraction of sp³-hybridized carbons (Fsp3) is 0.524. The third kappa shape index (κ3) is 5.01. The lowest BCUT2D eigenvalue weighted by atomic mass is 10.1. The van der Waals surface area contributed by atoms with Gasteiger partial charge in [-0.3, -0.25) is 4.99 Å². The minimum absolute atomic E-state index is 0.933. The molecule has 3 rings (SSSR count). The Morgan fingerprint density at radius 1 is 1.19 bits per heavy atom. The van der Waals surface area contributed by atoms with E-state index in [1.165, 1.54) is 21.8 Å². The molecular weight excluding hydrogens is 354 g/mol. The van der Waals surface area contributed by atoms with Gasteiger partial charge < -0.3 is 15.1 Å². The van der Waals surface area contributed by atoms with Crippen molar-refractivity contribution in [3.8, 4) is 0 Å². The van der Waals surface area contributed by atoms with E-state index in [2.05, 4.69) is 69.4 Å². The molecule has 5 nitrogen and oxygen atoms in total. The van der Waals surface area contributed by atoms with E-state index in [9.17, 15) is 0 Å². The average Bonchev–Trinajstić information content (AvgIpc) is 3.10. The molecule has 1 fully saturated rings. The molecule has 0 amide bonds. The van der Waals surface area contributed by atoms with Crippen LogP contribution in [-0.4, -0.2) is 55.6 Å². The summed E-state index contributed by atoms with van der Waals surface area (Å²) in [6, 6.07) is 6.59. The van der Waals surface area contributed by atoms with Gasteiger partial charge in [-0.15, -0.1) is 11.3 Å². The number of rotatable bonds is 5. The topological polar surface area (TPSA) is 43.8 Å². The second-order valence-corrected chi connectivity index (χ2v) is 8.10. The summed E-state index contributed by atoms with van der Waals surface area (Å²) < 4.78 is 0. The lowest BCUT2D eigenvalue weighted by Crippen LogP contribution is -2.52. The van der Waals surface area contributed by atoms with Crippen molar-refractivity contribution in [1.82, 2.24) is 15.2 Å². The van der Waals surface area contributed by atoms with Crippen molar-refractivity contribution in [2.45, 2.75) is 33.6 Å². The zero-order valence-electron chi connectivity index (χ0n) is 17.0. The second kappa shape index (κ2) is 9.22. The molecule has 2 heterocycles. The number of guanidine groups is 1. The highest BCUT2D eigenvalue weighted by Crippen LogP contribution is 2.23. The van der Waals surface area contributed by atoms with Crippen molar-refractivity contribution < 1.29 is 0 Å². The molecule has 0 saturated carbocycles. The fourth-order valence-corrected chi connectivity index (χ4v) is 4.35. The molecule has 6 heteroatoms. The highest BCUT2D eigenvalue weighted by Gasteiger charge is 2.20. The summed E-state index contributed by atoms with van der Waals surface area (Å²) in [4.78, 5) is 13.9. The number of nitrogens with zero attached hydrogens (tertiary/aromatic N) is 4. The minimum atomic E-state index is 0.933. The van der Waals surface area contributed by atoms with Crippen LogP contribution in [-0.2, 0) is 6.42 Å². The quantitative estimate of drug-likeness (QED) is 0.487. The molecule has 0 spiro atoms. The lowest BCUT2D eigenvalue weighted by molar-refractivity contribution is 0.372. The Kier molecular flexibility index (Phi) is 6.72. The van der Waals surface area contributed by atoms with Crippen molar-refractivity contribution in [3.05, 3.63) is 45.4 Å². The number of thiazole rings is 1. The summed E-state index contributed by atoms with van der Waals surface area (Å²) in [6.07, 6.45) is 2.11. The molecule has 0 unspecified atom stereocenters. The van der Waals surface area contributed by atoms with Gasteiger partial charge in [0.1, 0.15) is 0 Å². The Hall–Kier alpha value is -2.08. The van der Waals surface area contributed by atoms with Crippen LogP contribution in [0.3, 0.4) is 0 Å². The molecule has 146 valence electrons. The maximum absolute atomic E-state index is 4.53. The Balaban J connectivity index is 1.46. The number of aliphatic imine (C=N–C) groups is 1. The normalized spacial score (nSPS) is 15.3. The van der Waals surface area contributed by atoms with Gasteiger partial charge in [-0.1, -0.05) is 12.1 Å². The fourth-order valence-electron chi connectivity index (χ4n) is 3.53. The van der Waals surface area contributed by atoms with Gasteiger partial charge in [-0.2, -0.15) is 0 Å². The van der Waals surface area contributed by atoms with Crippen LogP contribution in [0.4, 0.5) is 5.69 Å². The molecule has 0 radical (unpaired) electrons. The molecule has 1 N–H and O–H groups in total. The highest BCUT2D eigenvalue weighted by molar-refractivity contribution is 7.09.